The molecule has 0 saturated carbocycles. The van der Waals surface area contributed by atoms with Crippen LogP contribution >= 0.6 is 0 Å². The van der Waals surface area contributed by atoms with E-state index in [1.807, 2.05) is 134 Å². The summed E-state index contributed by atoms with van der Waals surface area (Å²) in [5.41, 5.74) is 12.4. The molecule has 7 heteroatoms. The Bertz CT molecular complexity index is 3080. The number of fused-ring (bicyclic) bond motifs is 9. The topological polar surface area (TPSA) is 85.7 Å². The van der Waals surface area contributed by atoms with Gasteiger partial charge in [-0.25, -0.2) is 18.4 Å². The molecule has 0 fully saturated rings. The van der Waals surface area contributed by atoms with Crippen molar-refractivity contribution in [3.05, 3.63) is 195 Å². The first-order chi connectivity index (χ1) is 28.0. The smallest absolute Gasteiger partial charge is 0.207 e. The molecule has 0 radical (unpaired) electrons. The van der Waals surface area contributed by atoms with Gasteiger partial charge in [0.2, 0.25) is 9.84 Å². The van der Waals surface area contributed by atoms with Gasteiger partial charge >= 0.3 is 0 Å². The van der Waals surface area contributed by atoms with Crippen molar-refractivity contribution in [1.82, 2.24) is 19.9 Å². The van der Waals surface area contributed by atoms with E-state index in [2.05, 4.69) is 29.2 Å². The van der Waals surface area contributed by atoms with Crippen LogP contribution in [0.2, 0.25) is 0 Å². The van der Waals surface area contributed by atoms with Crippen LogP contribution in [0, 0.1) is 0 Å². The third-order valence-corrected chi connectivity index (χ3v) is 12.3. The molecule has 0 aliphatic carbocycles. The molecule has 57 heavy (non-hydrogen) atoms. The molecular formula is C50H32N4O2S. The first-order valence-electron chi connectivity index (χ1n) is 18.6. The van der Waals surface area contributed by atoms with Crippen LogP contribution in [-0.4, -0.2) is 28.4 Å². The van der Waals surface area contributed by atoms with E-state index in [0.717, 1.165) is 67.0 Å². The maximum atomic E-state index is 15.0. The average Bonchev–Trinajstić information content (AvgIpc) is 3.30. The van der Waals surface area contributed by atoms with E-state index in [1.54, 1.807) is 36.7 Å². The molecule has 0 N–H and O–H groups in total. The predicted molar refractivity (Wildman–Crippen MR) is 227 cm³/mol. The number of hydrogen-bond acceptors (Lipinski definition) is 6. The van der Waals surface area contributed by atoms with E-state index in [4.69, 9.17) is 15.0 Å². The highest BCUT2D eigenvalue weighted by atomic mass is 32.2. The van der Waals surface area contributed by atoms with Crippen LogP contribution in [0.1, 0.15) is 0 Å². The number of pyridine rings is 2. The first kappa shape index (κ1) is 34.2. The molecule has 0 spiro atoms. The molecule has 10 rings (SSSR count). The quantitative estimate of drug-likeness (QED) is 0.178. The van der Waals surface area contributed by atoms with Gasteiger partial charge in [-0.2, -0.15) is 0 Å². The minimum atomic E-state index is -4.02. The predicted octanol–water partition coefficient (Wildman–Crippen LogP) is 11.7. The molecule has 0 unspecified atom stereocenters. The lowest BCUT2D eigenvalue weighted by Gasteiger charge is -2.18. The number of aromatic nitrogens is 4. The summed E-state index contributed by atoms with van der Waals surface area (Å²) in [6.07, 6.45) is 5.37. The van der Waals surface area contributed by atoms with Gasteiger partial charge in [0.05, 0.1) is 26.9 Å². The number of sulfone groups is 1. The molecule has 0 bridgehead atoms. The second-order valence-corrected chi connectivity index (χ2v) is 15.7. The monoisotopic (exact) mass is 752 g/mol. The molecule has 3 aromatic heterocycles. The van der Waals surface area contributed by atoms with Crippen molar-refractivity contribution in [3.63, 3.8) is 0 Å². The van der Waals surface area contributed by atoms with E-state index < -0.39 is 9.84 Å². The summed E-state index contributed by atoms with van der Waals surface area (Å²) in [7, 11) is -4.02. The summed E-state index contributed by atoms with van der Waals surface area (Å²) < 4.78 is 30.0. The minimum absolute atomic E-state index is 0.229. The van der Waals surface area contributed by atoms with E-state index in [9.17, 15) is 8.42 Å². The van der Waals surface area contributed by atoms with Crippen LogP contribution in [0.25, 0.3) is 89.7 Å². The Hall–Kier alpha value is -7.35. The highest BCUT2D eigenvalue weighted by Gasteiger charge is 2.29. The normalized spacial score (nSPS) is 12.5. The van der Waals surface area contributed by atoms with Crippen molar-refractivity contribution in [3.8, 4) is 89.7 Å². The van der Waals surface area contributed by atoms with Crippen molar-refractivity contribution in [2.75, 3.05) is 0 Å². The third kappa shape index (κ3) is 6.11. The Morgan fingerprint density at radius 1 is 0.351 bits per heavy atom. The van der Waals surface area contributed by atoms with E-state index in [-0.39, 0.29) is 9.79 Å². The molecule has 0 amide bonds. The van der Waals surface area contributed by atoms with Crippen LogP contribution in [0.5, 0.6) is 0 Å². The molecule has 1 aliphatic heterocycles. The zero-order valence-electron chi connectivity index (χ0n) is 30.5. The summed E-state index contributed by atoms with van der Waals surface area (Å²) in [5, 5.41) is 0. The van der Waals surface area contributed by atoms with Gasteiger partial charge in [0.25, 0.3) is 0 Å². The second-order valence-electron chi connectivity index (χ2n) is 13.8. The average molecular weight is 753 g/mol. The Balaban J connectivity index is 1.22. The lowest BCUT2D eigenvalue weighted by molar-refractivity contribution is 0.596. The van der Waals surface area contributed by atoms with Gasteiger partial charge in [-0.15, -0.1) is 0 Å². The highest BCUT2D eigenvalue weighted by Crippen LogP contribution is 2.47. The number of rotatable bonds is 4. The van der Waals surface area contributed by atoms with Crippen LogP contribution in [-0.2, 0) is 9.84 Å². The summed E-state index contributed by atoms with van der Waals surface area (Å²) in [6.45, 7) is 0. The lowest BCUT2D eigenvalue weighted by Crippen LogP contribution is -2.06. The maximum Gasteiger partial charge on any atom is 0.207 e. The van der Waals surface area contributed by atoms with Crippen LogP contribution in [0.15, 0.2) is 204 Å². The fourth-order valence-electron chi connectivity index (χ4n) is 7.72. The van der Waals surface area contributed by atoms with Crippen LogP contribution in [0.4, 0.5) is 0 Å². The Morgan fingerprint density at radius 3 is 1.44 bits per heavy atom. The van der Waals surface area contributed by atoms with Crippen molar-refractivity contribution >= 4 is 9.84 Å². The van der Waals surface area contributed by atoms with Gasteiger partial charge in [0.1, 0.15) is 0 Å². The van der Waals surface area contributed by atoms with Gasteiger partial charge in [-0.3, -0.25) is 9.97 Å². The molecule has 0 atom stereocenters. The molecular weight excluding hydrogens is 721 g/mol. The zero-order valence-corrected chi connectivity index (χ0v) is 31.3. The molecule has 9 aromatic rings. The van der Waals surface area contributed by atoms with Gasteiger partial charge in [-0.05, 0) is 81.9 Å². The maximum absolute atomic E-state index is 15.0. The summed E-state index contributed by atoms with van der Waals surface area (Å²) >= 11 is 0. The van der Waals surface area contributed by atoms with E-state index in [0.29, 0.717) is 22.6 Å². The van der Waals surface area contributed by atoms with Crippen LogP contribution in [0.3, 0.4) is 0 Å². The van der Waals surface area contributed by atoms with Crippen molar-refractivity contribution in [2.24, 2.45) is 0 Å². The minimum Gasteiger partial charge on any atom is -0.264 e. The van der Waals surface area contributed by atoms with Crippen molar-refractivity contribution in [2.45, 2.75) is 9.79 Å². The van der Waals surface area contributed by atoms with Gasteiger partial charge in [-0.1, -0.05) is 127 Å². The van der Waals surface area contributed by atoms with Crippen molar-refractivity contribution in [1.29, 1.82) is 0 Å². The summed E-state index contributed by atoms with van der Waals surface area (Å²) in [4.78, 5) is 19.8. The van der Waals surface area contributed by atoms with Gasteiger partial charge in [0.15, 0.2) is 5.82 Å². The van der Waals surface area contributed by atoms with Gasteiger partial charge < -0.3 is 0 Å². The molecule has 4 heterocycles. The summed E-state index contributed by atoms with van der Waals surface area (Å²) in [6, 6.07) is 56.9. The molecule has 1 aliphatic rings. The highest BCUT2D eigenvalue weighted by molar-refractivity contribution is 7.91. The zero-order chi connectivity index (χ0) is 38.3. The second kappa shape index (κ2) is 14.1. The SMILES string of the molecule is O=S1(=O)c2ccccc2-c2ccccc2-c2ccccc2-c2ccc(-c3nc(-c4ccccc4)cc(-c4ccc(-c5cccnc5)nc4)n3)cc2-c2ccccc21. The lowest BCUT2D eigenvalue weighted by atomic mass is 9.86. The number of nitrogens with zero attached hydrogens (tertiary/aromatic N) is 4. The van der Waals surface area contributed by atoms with Gasteiger partial charge in [0, 0.05) is 52.0 Å². The Morgan fingerprint density at radius 2 is 0.842 bits per heavy atom. The molecule has 6 aromatic carbocycles. The largest absolute Gasteiger partial charge is 0.264 e. The van der Waals surface area contributed by atoms with E-state index in [1.165, 1.54) is 0 Å². The third-order valence-electron chi connectivity index (χ3n) is 10.5. The number of hydrogen-bond donors (Lipinski definition) is 0. The molecule has 6 nitrogen and oxygen atoms in total. The van der Waals surface area contributed by atoms with E-state index >= 15 is 0 Å². The standard InChI is InChI=1S/C50H32N4O2S/c55-57(56)48-22-10-8-20-42(48)40-19-7-6-17-38(40)37-16-4-5-18-39(37)41-26-24-34(29-44(41)43-21-9-11-23-49(43)57)50-53-46(33-13-2-1-3-14-33)30-47(54-50)36-25-27-45(52-32-36)35-15-12-28-51-31-35/h1-32H. The number of benzene rings is 6. The first-order valence-corrected chi connectivity index (χ1v) is 20.1. The summed E-state index contributed by atoms with van der Waals surface area (Å²) in [5.74, 6) is 0.504. The fraction of sp³-hybridized carbons (Fsp3) is 0. The molecule has 270 valence electrons. The molecule has 0 saturated heterocycles. The fourth-order valence-corrected chi connectivity index (χ4v) is 9.41. The van der Waals surface area contributed by atoms with Crippen LogP contribution < -0.4 is 0 Å². The van der Waals surface area contributed by atoms with Crippen molar-refractivity contribution < 1.29 is 8.42 Å². The Labute approximate surface area is 330 Å². The Kier molecular flexibility index (Phi) is 8.42.